The lowest BCUT2D eigenvalue weighted by atomic mass is 10.2. The molecule has 0 aliphatic heterocycles. The van der Waals surface area contributed by atoms with E-state index >= 15 is 0 Å². The lowest BCUT2D eigenvalue weighted by Gasteiger charge is -1.89. The molecule has 1 aromatic carbocycles. The molecule has 0 nitrogen and oxygen atoms in total. The van der Waals surface area contributed by atoms with E-state index < -0.39 is 0 Å². The van der Waals surface area contributed by atoms with Gasteiger partial charge in [0.2, 0.25) is 0 Å². The molecule has 0 bridgehead atoms. The van der Waals surface area contributed by atoms with Crippen molar-refractivity contribution in [1.82, 2.24) is 0 Å². The van der Waals surface area contributed by atoms with Gasteiger partial charge < -0.3 is 0 Å². The Bertz CT molecular complexity index is 440. The molecule has 0 saturated heterocycles. The summed E-state index contributed by atoms with van der Waals surface area (Å²) < 4.78 is 0. The van der Waals surface area contributed by atoms with E-state index in [1.54, 1.807) is 6.08 Å². The van der Waals surface area contributed by atoms with Gasteiger partial charge in [0.1, 0.15) is 0 Å². The third kappa shape index (κ3) is 27.9. The standard InChI is InChI=1S/C15H16.C4H8.C3H8.C2H4/c1-2-3-4-5-6-7-9-12-15-13-10-8-11-14-15;1-3-4-2;1-3-2;1-2/h2-6,8-14H,1,7H2;3-4H,1-2H3;3H2,1-2H3;1-2H2/b4-3-,6-5-,12-9+;4-3-;;. The summed E-state index contributed by atoms with van der Waals surface area (Å²) in [5, 5.41) is 0. The van der Waals surface area contributed by atoms with Crippen LogP contribution in [0.5, 0.6) is 0 Å². The molecule has 1 rings (SSSR count). The van der Waals surface area contributed by atoms with E-state index in [0.717, 1.165) is 6.42 Å². The van der Waals surface area contributed by atoms with Crippen LogP contribution in [0.3, 0.4) is 0 Å². The third-order valence-electron chi connectivity index (χ3n) is 2.21. The highest BCUT2D eigenvalue weighted by Gasteiger charge is 1.80. The highest BCUT2D eigenvalue weighted by atomic mass is 13.9. The fourth-order valence-electron chi connectivity index (χ4n) is 1.15. The molecule has 0 N–H and O–H groups in total. The van der Waals surface area contributed by atoms with Crippen molar-refractivity contribution in [3.63, 3.8) is 0 Å². The minimum absolute atomic E-state index is 0.955. The van der Waals surface area contributed by atoms with Crippen LogP contribution in [0.4, 0.5) is 0 Å². The number of rotatable bonds is 5. The van der Waals surface area contributed by atoms with Gasteiger partial charge in [-0.1, -0.05) is 112 Å². The normalized spacial score (nSPS) is 9.83. The van der Waals surface area contributed by atoms with Crippen molar-refractivity contribution in [2.75, 3.05) is 0 Å². The number of allylic oxidation sites excluding steroid dienone is 8. The first-order valence-electron chi connectivity index (χ1n) is 8.49. The van der Waals surface area contributed by atoms with Crippen molar-refractivity contribution in [1.29, 1.82) is 0 Å². The molecule has 0 aliphatic carbocycles. The number of benzene rings is 1. The van der Waals surface area contributed by atoms with Gasteiger partial charge in [-0.2, -0.15) is 0 Å². The quantitative estimate of drug-likeness (QED) is 0.378. The summed E-state index contributed by atoms with van der Waals surface area (Å²) in [4.78, 5) is 0. The van der Waals surface area contributed by atoms with E-state index in [4.69, 9.17) is 0 Å². The minimum atomic E-state index is 0.955. The molecule has 0 spiro atoms. The first kappa shape index (κ1) is 26.6. The molecule has 0 aromatic heterocycles. The van der Waals surface area contributed by atoms with Crippen molar-refractivity contribution in [2.24, 2.45) is 0 Å². The third-order valence-corrected chi connectivity index (χ3v) is 2.21. The Balaban J connectivity index is -0.000000411. The molecule has 0 heterocycles. The van der Waals surface area contributed by atoms with Crippen molar-refractivity contribution >= 4 is 6.08 Å². The second kappa shape index (κ2) is 28.8. The highest BCUT2D eigenvalue weighted by molar-refractivity contribution is 5.48. The summed E-state index contributed by atoms with van der Waals surface area (Å²) in [5.74, 6) is 0. The Hall–Kier alpha value is -2.34. The zero-order chi connectivity index (χ0) is 18.9. The average Bonchev–Trinajstić information content (AvgIpc) is 2.64. The zero-order valence-electron chi connectivity index (χ0n) is 16.1. The molecular formula is C24H36. The summed E-state index contributed by atoms with van der Waals surface area (Å²) in [5.41, 5.74) is 1.24. The van der Waals surface area contributed by atoms with Crippen LogP contribution in [0.15, 0.2) is 98.7 Å². The zero-order valence-corrected chi connectivity index (χ0v) is 16.1. The van der Waals surface area contributed by atoms with E-state index in [9.17, 15) is 0 Å². The summed E-state index contributed by atoms with van der Waals surface area (Å²) >= 11 is 0. The Morgan fingerprint density at radius 1 is 0.833 bits per heavy atom. The second-order valence-electron chi connectivity index (χ2n) is 4.47. The van der Waals surface area contributed by atoms with Gasteiger partial charge in [0.05, 0.1) is 0 Å². The fourth-order valence-corrected chi connectivity index (χ4v) is 1.15. The summed E-state index contributed by atoms with van der Waals surface area (Å²) in [6, 6.07) is 10.3. The number of hydrogen-bond donors (Lipinski definition) is 0. The predicted molar refractivity (Wildman–Crippen MR) is 116 cm³/mol. The monoisotopic (exact) mass is 324 g/mol. The molecule has 1 aromatic rings. The van der Waals surface area contributed by atoms with Crippen molar-refractivity contribution in [3.05, 3.63) is 104 Å². The Labute approximate surface area is 151 Å². The Morgan fingerprint density at radius 3 is 1.83 bits per heavy atom. The molecule has 0 saturated carbocycles. The minimum Gasteiger partial charge on any atom is -0.106 e. The summed E-state index contributed by atoms with van der Waals surface area (Å²) in [6.07, 6.45) is 20.3. The van der Waals surface area contributed by atoms with Gasteiger partial charge >= 0.3 is 0 Å². The van der Waals surface area contributed by atoms with E-state index in [2.05, 4.69) is 63.9 Å². The van der Waals surface area contributed by atoms with Gasteiger partial charge in [0.15, 0.2) is 0 Å². The van der Waals surface area contributed by atoms with Crippen LogP contribution in [-0.4, -0.2) is 0 Å². The van der Waals surface area contributed by atoms with Gasteiger partial charge in [-0.15, -0.1) is 13.2 Å². The van der Waals surface area contributed by atoms with Crippen molar-refractivity contribution in [2.45, 2.75) is 40.5 Å². The average molecular weight is 325 g/mol. The molecule has 0 fully saturated rings. The lowest BCUT2D eigenvalue weighted by molar-refractivity contribution is 1.09. The first-order valence-corrected chi connectivity index (χ1v) is 8.49. The number of hydrogen-bond acceptors (Lipinski definition) is 0. The first-order chi connectivity index (χ1) is 11.8. The molecule has 0 unspecified atom stereocenters. The van der Waals surface area contributed by atoms with Crippen molar-refractivity contribution in [3.8, 4) is 0 Å². The molecule has 0 atom stereocenters. The van der Waals surface area contributed by atoms with Crippen LogP contribution in [-0.2, 0) is 0 Å². The van der Waals surface area contributed by atoms with Crippen LogP contribution in [0.25, 0.3) is 6.08 Å². The van der Waals surface area contributed by atoms with E-state index in [1.165, 1.54) is 12.0 Å². The fraction of sp³-hybridized carbons (Fsp3) is 0.250. The van der Waals surface area contributed by atoms with E-state index in [-0.39, 0.29) is 0 Å². The van der Waals surface area contributed by atoms with Gasteiger partial charge in [-0.3, -0.25) is 0 Å². The Morgan fingerprint density at radius 2 is 1.38 bits per heavy atom. The smallest absolute Gasteiger partial charge is 0.0163 e. The van der Waals surface area contributed by atoms with Crippen LogP contribution in [0.1, 0.15) is 46.1 Å². The van der Waals surface area contributed by atoms with Gasteiger partial charge in [-0.05, 0) is 25.8 Å². The van der Waals surface area contributed by atoms with Gasteiger partial charge in [0, 0.05) is 0 Å². The molecule has 0 radical (unpaired) electrons. The predicted octanol–water partition coefficient (Wildman–Crippen LogP) is 8.19. The maximum absolute atomic E-state index is 3.60. The molecule has 24 heavy (non-hydrogen) atoms. The van der Waals surface area contributed by atoms with Crippen LogP contribution in [0.2, 0.25) is 0 Å². The molecule has 0 heteroatoms. The largest absolute Gasteiger partial charge is 0.106 e. The molecule has 0 amide bonds. The molecule has 0 aliphatic rings. The van der Waals surface area contributed by atoms with Gasteiger partial charge in [0.25, 0.3) is 0 Å². The summed E-state index contributed by atoms with van der Waals surface area (Å²) in [6.45, 7) is 17.8. The molecule has 132 valence electrons. The van der Waals surface area contributed by atoms with E-state index in [0.29, 0.717) is 0 Å². The Kier molecular flexibility index (Phi) is 31.8. The van der Waals surface area contributed by atoms with Crippen LogP contribution >= 0.6 is 0 Å². The van der Waals surface area contributed by atoms with Crippen molar-refractivity contribution < 1.29 is 0 Å². The second-order valence-corrected chi connectivity index (χ2v) is 4.47. The van der Waals surface area contributed by atoms with Crippen LogP contribution < -0.4 is 0 Å². The summed E-state index contributed by atoms with van der Waals surface area (Å²) in [7, 11) is 0. The lowest BCUT2D eigenvalue weighted by Crippen LogP contribution is -1.67. The van der Waals surface area contributed by atoms with Crippen LogP contribution in [0, 0.1) is 0 Å². The SMILES string of the molecule is C/C=C\C.C=C.C=C/C=C\C=C/C/C=C/c1ccccc1.CCC. The highest BCUT2D eigenvalue weighted by Crippen LogP contribution is 2.01. The maximum Gasteiger partial charge on any atom is -0.0163 e. The van der Waals surface area contributed by atoms with E-state index in [1.807, 2.05) is 62.4 Å². The van der Waals surface area contributed by atoms with Gasteiger partial charge in [-0.25, -0.2) is 0 Å². The molecular weight excluding hydrogens is 288 g/mol. The topological polar surface area (TPSA) is 0 Å². The maximum atomic E-state index is 3.60.